The highest BCUT2D eigenvalue weighted by Gasteiger charge is 2.22. The van der Waals surface area contributed by atoms with Crippen LogP contribution in [0.4, 0.5) is 0 Å². The second-order valence-corrected chi connectivity index (χ2v) is 6.22. The average Bonchev–Trinajstić information content (AvgIpc) is 2.85. The Balaban J connectivity index is 1.71. The zero-order chi connectivity index (χ0) is 14.1. The van der Waals surface area contributed by atoms with Crippen molar-refractivity contribution in [2.75, 3.05) is 0 Å². The Bertz CT molecular complexity index is 630. The summed E-state index contributed by atoms with van der Waals surface area (Å²) in [7, 11) is 0. The fourth-order valence-corrected chi connectivity index (χ4v) is 3.28. The summed E-state index contributed by atoms with van der Waals surface area (Å²) < 4.78 is 0.933. The number of fused-ring (bicyclic) bond motifs is 1. The zero-order valence-electron chi connectivity index (χ0n) is 11.2. The van der Waals surface area contributed by atoms with Crippen molar-refractivity contribution in [1.82, 2.24) is 15.5 Å². The van der Waals surface area contributed by atoms with Crippen molar-refractivity contribution in [1.29, 1.82) is 0 Å². The topological polar surface area (TPSA) is 57.8 Å². The summed E-state index contributed by atoms with van der Waals surface area (Å²) in [6.07, 6.45) is 4.64. The van der Waals surface area contributed by atoms with Gasteiger partial charge < -0.3 is 5.32 Å². The van der Waals surface area contributed by atoms with Crippen LogP contribution in [0.5, 0.6) is 0 Å². The van der Waals surface area contributed by atoms with Gasteiger partial charge in [-0.15, -0.1) is 0 Å². The minimum Gasteiger partial charge on any atom is -0.349 e. The van der Waals surface area contributed by atoms with Gasteiger partial charge in [0.25, 0.3) is 5.91 Å². The van der Waals surface area contributed by atoms with Crippen molar-refractivity contribution >= 4 is 21.8 Å². The van der Waals surface area contributed by atoms with E-state index in [1.165, 1.54) is 5.56 Å². The molecule has 0 aliphatic heterocycles. The molecule has 3 rings (SSSR count). The van der Waals surface area contributed by atoms with Crippen LogP contribution < -0.4 is 5.32 Å². The number of benzene rings is 1. The highest BCUT2D eigenvalue weighted by Crippen LogP contribution is 2.20. The van der Waals surface area contributed by atoms with Crippen LogP contribution in [0.1, 0.15) is 33.6 Å². The molecular weight excluding hydrogens is 318 g/mol. The van der Waals surface area contributed by atoms with Crippen LogP contribution in [0.3, 0.4) is 0 Å². The molecule has 1 amide bonds. The van der Waals surface area contributed by atoms with E-state index in [2.05, 4.69) is 31.4 Å². The molecule has 1 aliphatic carbocycles. The first kappa shape index (κ1) is 13.4. The van der Waals surface area contributed by atoms with Crippen LogP contribution in [-0.2, 0) is 12.8 Å². The number of hydrogen-bond donors (Lipinski definition) is 2. The third-order valence-corrected chi connectivity index (χ3v) is 4.12. The molecule has 0 unspecified atom stereocenters. The van der Waals surface area contributed by atoms with E-state index in [1.54, 1.807) is 0 Å². The molecule has 20 heavy (non-hydrogen) atoms. The molecule has 1 aromatic carbocycles. The molecule has 1 heterocycles. The van der Waals surface area contributed by atoms with E-state index >= 15 is 0 Å². The van der Waals surface area contributed by atoms with E-state index in [1.807, 2.05) is 31.3 Å². The normalized spacial score (nSPS) is 17.6. The molecule has 4 nitrogen and oxygen atoms in total. The maximum Gasteiger partial charge on any atom is 0.251 e. The molecule has 0 radical (unpaired) electrons. The first-order chi connectivity index (χ1) is 9.61. The summed E-state index contributed by atoms with van der Waals surface area (Å²) in [6, 6.07) is 5.93. The first-order valence-electron chi connectivity index (χ1n) is 6.71. The van der Waals surface area contributed by atoms with Gasteiger partial charge in [0.1, 0.15) is 0 Å². The molecule has 0 fully saturated rings. The fourth-order valence-electron chi connectivity index (χ4n) is 2.67. The van der Waals surface area contributed by atoms with E-state index < -0.39 is 0 Å². The Hall–Kier alpha value is -1.62. The number of H-pyrrole nitrogens is 1. The monoisotopic (exact) mass is 333 g/mol. The van der Waals surface area contributed by atoms with Gasteiger partial charge in [-0.3, -0.25) is 9.89 Å². The predicted octanol–water partition coefficient (Wildman–Crippen LogP) is 2.77. The Morgan fingerprint density at radius 1 is 1.45 bits per heavy atom. The van der Waals surface area contributed by atoms with E-state index in [0.29, 0.717) is 5.56 Å². The zero-order valence-corrected chi connectivity index (χ0v) is 12.8. The van der Waals surface area contributed by atoms with Crippen molar-refractivity contribution < 1.29 is 4.79 Å². The summed E-state index contributed by atoms with van der Waals surface area (Å²) >= 11 is 3.43. The molecule has 2 aromatic rings. The third kappa shape index (κ3) is 2.77. The van der Waals surface area contributed by atoms with Crippen LogP contribution in [0.2, 0.25) is 0 Å². The van der Waals surface area contributed by atoms with Gasteiger partial charge in [0.15, 0.2) is 0 Å². The summed E-state index contributed by atoms with van der Waals surface area (Å²) in [5.74, 6) is -0.0117. The second-order valence-electron chi connectivity index (χ2n) is 5.30. The second kappa shape index (κ2) is 5.40. The first-order valence-corrected chi connectivity index (χ1v) is 7.50. The largest absolute Gasteiger partial charge is 0.349 e. The van der Waals surface area contributed by atoms with Crippen molar-refractivity contribution in [2.24, 2.45) is 0 Å². The van der Waals surface area contributed by atoms with Crippen LogP contribution in [0.15, 0.2) is 28.9 Å². The fraction of sp³-hybridized carbons (Fsp3) is 0.333. The molecule has 0 saturated carbocycles. The van der Waals surface area contributed by atoms with E-state index in [4.69, 9.17) is 0 Å². The molecule has 2 N–H and O–H groups in total. The molecule has 104 valence electrons. The molecule has 1 aliphatic rings. The minimum atomic E-state index is -0.0117. The SMILES string of the molecule is Cc1cc(Br)cc(C(=O)N[C@H]2CCc3cn[nH]c3C2)c1. The van der Waals surface area contributed by atoms with Crippen molar-refractivity contribution in [3.05, 3.63) is 51.3 Å². The summed E-state index contributed by atoms with van der Waals surface area (Å²) in [5, 5.41) is 10.2. The average molecular weight is 334 g/mol. The number of carbonyl (C=O) groups is 1. The van der Waals surface area contributed by atoms with Gasteiger partial charge in [0.2, 0.25) is 0 Å². The summed E-state index contributed by atoms with van der Waals surface area (Å²) in [4.78, 5) is 12.3. The maximum absolute atomic E-state index is 12.3. The standard InChI is InChI=1S/C15H16BrN3O/c1-9-4-11(6-12(16)5-9)15(20)18-13-3-2-10-8-17-19-14(10)7-13/h4-6,8,13H,2-3,7H2,1H3,(H,17,19)(H,18,20)/t13-/m0/s1. The molecule has 5 heteroatoms. The maximum atomic E-state index is 12.3. The number of carbonyl (C=O) groups excluding carboxylic acids is 1. The van der Waals surface area contributed by atoms with E-state index in [0.717, 1.165) is 35.0 Å². The third-order valence-electron chi connectivity index (χ3n) is 3.66. The van der Waals surface area contributed by atoms with Gasteiger partial charge in [-0.2, -0.15) is 5.10 Å². The summed E-state index contributed by atoms with van der Waals surface area (Å²) in [5.41, 5.74) is 4.19. The quantitative estimate of drug-likeness (QED) is 0.887. The van der Waals surface area contributed by atoms with Gasteiger partial charge in [0.05, 0.1) is 6.20 Å². The van der Waals surface area contributed by atoms with Crippen molar-refractivity contribution in [3.8, 4) is 0 Å². The van der Waals surface area contributed by atoms with Gasteiger partial charge in [-0.25, -0.2) is 0 Å². The Kier molecular flexibility index (Phi) is 3.61. The van der Waals surface area contributed by atoms with Crippen LogP contribution in [-0.4, -0.2) is 22.1 Å². The number of halogens is 1. The Labute approximate surface area is 126 Å². The minimum absolute atomic E-state index is 0.0117. The molecule has 1 aromatic heterocycles. The number of nitrogens with zero attached hydrogens (tertiary/aromatic N) is 1. The lowest BCUT2D eigenvalue weighted by molar-refractivity contribution is 0.0933. The number of aryl methyl sites for hydroxylation is 2. The highest BCUT2D eigenvalue weighted by molar-refractivity contribution is 9.10. The number of hydrogen-bond acceptors (Lipinski definition) is 2. The smallest absolute Gasteiger partial charge is 0.251 e. The lowest BCUT2D eigenvalue weighted by atomic mass is 9.93. The van der Waals surface area contributed by atoms with Gasteiger partial charge >= 0.3 is 0 Å². The van der Waals surface area contributed by atoms with Crippen LogP contribution in [0.25, 0.3) is 0 Å². The summed E-state index contributed by atoms with van der Waals surface area (Å²) in [6.45, 7) is 1.99. The van der Waals surface area contributed by atoms with Crippen molar-refractivity contribution in [2.45, 2.75) is 32.2 Å². The predicted molar refractivity (Wildman–Crippen MR) is 80.7 cm³/mol. The number of amides is 1. The van der Waals surface area contributed by atoms with E-state index in [-0.39, 0.29) is 11.9 Å². The number of aromatic nitrogens is 2. The lowest BCUT2D eigenvalue weighted by Crippen LogP contribution is -2.38. The Morgan fingerprint density at radius 2 is 2.30 bits per heavy atom. The highest BCUT2D eigenvalue weighted by atomic mass is 79.9. The van der Waals surface area contributed by atoms with Gasteiger partial charge in [-0.05, 0) is 49.1 Å². The molecular formula is C15H16BrN3O. The number of rotatable bonds is 2. The number of nitrogens with one attached hydrogen (secondary N) is 2. The van der Waals surface area contributed by atoms with Gasteiger partial charge in [-0.1, -0.05) is 15.9 Å². The molecule has 0 saturated heterocycles. The molecule has 0 spiro atoms. The lowest BCUT2D eigenvalue weighted by Gasteiger charge is -2.22. The number of aromatic amines is 1. The van der Waals surface area contributed by atoms with E-state index in [9.17, 15) is 4.79 Å². The van der Waals surface area contributed by atoms with Crippen molar-refractivity contribution in [3.63, 3.8) is 0 Å². The molecule has 0 bridgehead atoms. The Morgan fingerprint density at radius 3 is 3.10 bits per heavy atom. The molecule has 1 atom stereocenters. The van der Waals surface area contributed by atoms with Gasteiger partial charge in [0, 0.05) is 28.2 Å². The van der Waals surface area contributed by atoms with Crippen LogP contribution in [0, 0.1) is 6.92 Å². The van der Waals surface area contributed by atoms with Crippen LogP contribution >= 0.6 is 15.9 Å².